The van der Waals surface area contributed by atoms with Crippen molar-refractivity contribution in [2.45, 2.75) is 32.7 Å². The lowest BCUT2D eigenvalue weighted by molar-refractivity contribution is -0.133. The summed E-state index contributed by atoms with van der Waals surface area (Å²) >= 11 is 5.88. The fourth-order valence-electron chi connectivity index (χ4n) is 2.97. The number of likely N-dealkylation sites (tertiary alicyclic amines) is 1. The number of rotatable bonds is 3. The van der Waals surface area contributed by atoms with E-state index in [1.54, 1.807) is 18.4 Å². The third-order valence-electron chi connectivity index (χ3n) is 4.64. The molecular weight excluding hydrogens is 326 g/mol. The maximum absolute atomic E-state index is 12.5. The van der Waals surface area contributed by atoms with Crippen molar-refractivity contribution in [3.63, 3.8) is 0 Å². The van der Waals surface area contributed by atoms with Crippen LogP contribution in [0.2, 0.25) is 5.02 Å². The highest BCUT2D eigenvalue weighted by molar-refractivity contribution is 6.30. The van der Waals surface area contributed by atoms with Crippen LogP contribution in [0.15, 0.2) is 34.9 Å². The van der Waals surface area contributed by atoms with Crippen LogP contribution in [0.4, 0.5) is 0 Å². The van der Waals surface area contributed by atoms with Crippen molar-refractivity contribution >= 4 is 17.5 Å². The van der Waals surface area contributed by atoms with Crippen molar-refractivity contribution in [1.82, 2.24) is 9.88 Å². The molecule has 1 aromatic carbocycles. The van der Waals surface area contributed by atoms with Gasteiger partial charge in [0.05, 0.1) is 12.1 Å². The highest BCUT2D eigenvalue weighted by atomic mass is 35.5. The summed E-state index contributed by atoms with van der Waals surface area (Å²) in [4.78, 5) is 18.8. The van der Waals surface area contributed by atoms with Crippen molar-refractivity contribution in [2.75, 3.05) is 13.1 Å². The molecule has 0 spiro atoms. The summed E-state index contributed by atoms with van der Waals surface area (Å²) < 4.78 is 5.49. The molecule has 1 atom stereocenters. The monoisotopic (exact) mass is 347 g/mol. The minimum Gasteiger partial charge on any atom is -0.444 e. The molecule has 1 aliphatic heterocycles. The number of oxazole rings is 1. The lowest BCUT2D eigenvalue weighted by Gasteiger charge is -2.42. The number of nitrogens with zero attached hydrogens (tertiary/aromatic N) is 2. The van der Waals surface area contributed by atoms with Gasteiger partial charge in [-0.25, -0.2) is 4.98 Å². The third-order valence-corrected chi connectivity index (χ3v) is 4.89. The Morgan fingerprint density at radius 1 is 1.42 bits per heavy atom. The number of carbonyl (C=O) groups excluding carboxylic acids is 1. The van der Waals surface area contributed by atoms with Gasteiger partial charge in [-0.05, 0) is 36.1 Å². The van der Waals surface area contributed by atoms with Gasteiger partial charge in [-0.15, -0.1) is 0 Å². The Hall–Kier alpha value is -1.85. The summed E-state index contributed by atoms with van der Waals surface area (Å²) in [7, 11) is 0. The average molecular weight is 348 g/mol. The van der Waals surface area contributed by atoms with Gasteiger partial charge in [0.1, 0.15) is 6.26 Å². The number of hydrogen-bond donors (Lipinski definition) is 1. The first kappa shape index (κ1) is 17.0. The van der Waals surface area contributed by atoms with Gasteiger partial charge in [-0.3, -0.25) is 4.79 Å². The second-order valence-electron chi connectivity index (χ2n) is 7.03. The second-order valence-corrected chi connectivity index (χ2v) is 7.46. The number of nitrogens with two attached hydrogens (primary N) is 1. The van der Waals surface area contributed by atoms with Gasteiger partial charge in [-0.1, -0.05) is 25.4 Å². The molecule has 24 heavy (non-hydrogen) atoms. The van der Waals surface area contributed by atoms with E-state index in [2.05, 4.69) is 18.8 Å². The van der Waals surface area contributed by atoms with E-state index in [4.69, 9.17) is 21.8 Å². The first-order valence-corrected chi connectivity index (χ1v) is 8.47. The number of aromatic nitrogens is 1. The van der Waals surface area contributed by atoms with E-state index in [1.807, 2.05) is 17.0 Å². The molecule has 2 N–H and O–H groups in total. The number of piperidine rings is 1. The molecule has 2 heterocycles. The van der Waals surface area contributed by atoms with Crippen LogP contribution < -0.4 is 5.73 Å². The van der Waals surface area contributed by atoms with Crippen LogP contribution in [0, 0.1) is 5.41 Å². The van der Waals surface area contributed by atoms with E-state index in [-0.39, 0.29) is 23.8 Å². The number of amides is 1. The maximum atomic E-state index is 12.5. The van der Waals surface area contributed by atoms with Crippen LogP contribution in [-0.2, 0) is 11.2 Å². The topological polar surface area (TPSA) is 72.4 Å². The molecule has 2 aromatic rings. The fraction of sp³-hybridized carbons (Fsp3) is 0.444. The SMILES string of the molecule is CC1(C)CN(C(=O)Cc2coc(-c3ccc(Cl)cc3)n2)CCC1N. The van der Waals surface area contributed by atoms with Crippen LogP contribution >= 0.6 is 11.6 Å². The molecule has 0 bridgehead atoms. The maximum Gasteiger partial charge on any atom is 0.228 e. The van der Waals surface area contributed by atoms with Crippen LogP contribution in [0.25, 0.3) is 11.5 Å². The highest BCUT2D eigenvalue weighted by Crippen LogP contribution is 2.28. The van der Waals surface area contributed by atoms with E-state index >= 15 is 0 Å². The molecule has 5 nitrogen and oxygen atoms in total. The fourth-order valence-corrected chi connectivity index (χ4v) is 3.09. The largest absolute Gasteiger partial charge is 0.444 e. The number of benzene rings is 1. The Morgan fingerprint density at radius 2 is 2.12 bits per heavy atom. The number of carbonyl (C=O) groups is 1. The lowest BCUT2D eigenvalue weighted by Crippen LogP contribution is -2.54. The molecule has 1 fully saturated rings. The molecule has 1 unspecified atom stereocenters. The standard InChI is InChI=1S/C18H22ClN3O2/c1-18(2)11-22(8-7-15(18)20)16(23)9-14-10-24-17(21-14)12-3-5-13(19)6-4-12/h3-6,10,15H,7-9,11,20H2,1-2H3. The van der Waals surface area contributed by atoms with Gasteiger partial charge in [-0.2, -0.15) is 0 Å². The first-order chi connectivity index (χ1) is 11.3. The number of hydrogen-bond acceptors (Lipinski definition) is 4. The van der Waals surface area contributed by atoms with Crippen molar-refractivity contribution in [2.24, 2.45) is 11.1 Å². The molecule has 1 amide bonds. The minimum atomic E-state index is -0.0633. The summed E-state index contributed by atoms with van der Waals surface area (Å²) in [6.45, 7) is 5.58. The first-order valence-electron chi connectivity index (χ1n) is 8.09. The molecule has 1 aliphatic rings. The quantitative estimate of drug-likeness (QED) is 0.925. The smallest absolute Gasteiger partial charge is 0.228 e. The zero-order chi connectivity index (χ0) is 17.3. The molecular formula is C18H22ClN3O2. The van der Waals surface area contributed by atoms with Crippen LogP contribution in [0.3, 0.4) is 0 Å². The Balaban J connectivity index is 1.66. The molecule has 0 saturated carbocycles. The molecule has 0 radical (unpaired) electrons. The van der Waals surface area contributed by atoms with Gasteiger partial charge in [0, 0.05) is 29.7 Å². The van der Waals surface area contributed by atoms with E-state index in [9.17, 15) is 4.79 Å². The van der Waals surface area contributed by atoms with E-state index in [1.165, 1.54) is 0 Å². The van der Waals surface area contributed by atoms with Gasteiger partial charge in [0.15, 0.2) is 0 Å². The zero-order valence-electron chi connectivity index (χ0n) is 14.0. The predicted octanol–water partition coefficient (Wildman–Crippen LogP) is 3.12. The van der Waals surface area contributed by atoms with Gasteiger partial charge in [0.2, 0.25) is 11.8 Å². The Labute approximate surface area is 146 Å². The summed E-state index contributed by atoms with van der Waals surface area (Å²) in [5.41, 5.74) is 7.54. The zero-order valence-corrected chi connectivity index (χ0v) is 14.7. The van der Waals surface area contributed by atoms with Crippen LogP contribution in [-0.4, -0.2) is 34.9 Å². The molecule has 1 aromatic heterocycles. The molecule has 128 valence electrons. The van der Waals surface area contributed by atoms with Gasteiger partial charge >= 0.3 is 0 Å². The third kappa shape index (κ3) is 3.62. The molecule has 6 heteroatoms. The summed E-state index contributed by atoms with van der Waals surface area (Å²) in [6.07, 6.45) is 2.61. The minimum absolute atomic E-state index is 0.0610. The van der Waals surface area contributed by atoms with Gasteiger partial charge in [0.25, 0.3) is 0 Å². The van der Waals surface area contributed by atoms with E-state index in [0.29, 0.717) is 29.7 Å². The molecule has 3 rings (SSSR count). The molecule has 1 saturated heterocycles. The Morgan fingerprint density at radius 3 is 2.79 bits per heavy atom. The summed E-state index contributed by atoms with van der Waals surface area (Å²) in [6, 6.07) is 7.38. The highest BCUT2D eigenvalue weighted by Gasteiger charge is 2.35. The van der Waals surface area contributed by atoms with Crippen molar-refractivity contribution < 1.29 is 9.21 Å². The summed E-state index contributed by atoms with van der Waals surface area (Å²) in [5.74, 6) is 0.557. The van der Waals surface area contributed by atoms with E-state index in [0.717, 1.165) is 12.0 Å². The Kier molecular flexibility index (Phi) is 4.65. The average Bonchev–Trinajstić information content (AvgIpc) is 2.99. The second kappa shape index (κ2) is 6.57. The van der Waals surface area contributed by atoms with Crippen molar-refractivity contribution in [3.05, 3.63) is 41.2 Å². The van der Waals surface area contributed by atoms with Crippen LogP contribution in [0.1, 0.15) is 26.0 Å². The van der Waals surface area contributed by atoms with Crippen LogP contribution in [0.5, 0.6) is 0 Å². The summed E-state index contributed by atoms with van der Waals surface area (Å²) in [5, 5.41) is 0.659. The van der Waals surface area contributed by atoms with E-state index < -0.39 is 0 Å². The predicted molar refractivity (Wildman–Crippen MR) is 93.6 cm³/mol. The normalized spacial score (nSPS) is 20.2. The van der Waals surface area contributed by atoms with Crippen molar-refractivity contribution in [1.29, 1.82) is 0 Å². The lowest BCUT2D eigenvalue weighted by atomic mass is 9.79. The molecule has 0 aliphatic carbocycles. The number of halogens is 1. The van der Waals surface area contributed by atoms with Crippen molar-refractivity contribution in [3.8, 4) is 11.5 Å². The van der Waals surface area contributed by atoms with Gasteiger partial charge < -0.3 is 15.1 Å². The Bertz CT molecular complexity index is 724.